The molecule has 0 aliphatic carbocycles. The van der Waals surface area contributed by atoms with Gasteiger partial charge in [0.1, 0.15) is 19.8 Å². The van der Waals surface area contributed by atoms with Gasteiger partial charge in [-0.1, -0.05) is 234 Å². The van der Waals surface area contributed by atoms with Gasteiger partial charge in [-0.05, 0) is 128 Å². The molecule has 0 N–H and O–H groups in total. The number of carbonyl (C=O) groups is 2. The Bertz CT molecular complexity index is 2050. The van der Waals surface area contributed by atoms with Crippen LogP contribution >= 0.6 is 7.82 Å². The first-order chi connectivity index (χ1) is 39.0. The number of hydrogen-bond acceptors (Lipinski definition) is 8. The van der Waals surface area contributed by atoms with Gasteiger partial charge in [-0.15, -0.1) is 0 Å². The van der Waals surface area contributed by atoms with E-state index in [0.717, 1.165) is 141 Å². The minimum Gasteiger partial charge on any atom is -0.756 e. The third kappa shape index (κ3) is 62.1. The van der Waals surface area contributed by atoms with Crippen LogP contribution in [0, 0.1) is 0 Å². The quantitative estimate of drug-likeness (QED) is 0.0195. The molecular formula is C70H108NO8P. The Labute approximate surface area is 488 Å². The van der Waals surface area contributed by atoms with Gasteiger partial charge in [0.15, 0.2) is 6.10 Å². The summed E-state index contributed by atoms with van der Waals surface area (Å²) in [6, 6.07) is 0. The van der Waals surface area contributed by atoms with Gasteiger partial charge in [0.05, 0.1) is 27.7 Å². The zero-order valence-corrected chi connectivity index (χ0v) is 51.3. The summed E-state index contributed by atoms with van der Waals surface area (Å²) in [7, 11) is 1.08. The topological polar surface area (TPSA) is 111 Å². The summed E-state index contributed by atoms with van der Waals surface area (Å²) in [6.45, 7) is 3.86. The average molecular weight is 1120 g/mol. The van der Waals surface area contributed by atoms with Crippen molar-refractivity contribution in [2.24, 2.45) is 0 Å². The number of esters is 2. The molecule has 0 radical (unpaired) electrons. The van der Waals surface area contributed by atoms with Crippen molar-refractivity contribution < 1.29 is 42.1 Å². The molecular weight excluding hydrogens is 1010 g/mol. The second-order valence-corrected chi connectivity index (χ2v) is 21.7. The minimum absolute atomic E-state index is 0.0571. The SMILES string of the molecule is CC/C=C\C/C=C\C/C=C\C/C=C\C/C=C\C/C=C\C/C=C\C/C=C\C/C=C\C/C=C\CCCCCCCCC(=O)OC(COC(=O)CC/C=C\C/C=C\C/C=C\C/C=C\C/C=C\C/C=C\CC)COP(=O)([O-])OCC[N+](C)(C)C. The van der Waals surface area contributed by atoms with Crippen LogP contribution in [0.4, 0.5) is 0 Å². The highest BCUT2D eigenvalue weighted by Gasteiger charge is 2.21. The van der Waals surface area contributed by atoms with Crippen LogP contribution in [0.15, 0.2) is 194 Å². The molecule has 2 atom stereocenters. The number of phosphoric ester groups is 1. The number of likely N-dealkylation sites (N-methyl/N-ethyl adjacent to an activating group) is 1. The number of nitrogens with zero attached hydrogens (tertiary/aromatic N) is 1. The molecule has 0 saturated heterocycles. The lowest BCUT2D eigenvalue weighted by molar-refractivity contribution is -0.870. The van der Waals surface area contributed by atoms with E-state index in [9.17, 15) is 19.0 Å². The number of ether oxygens (including phenoxy) is 2. The fraction of sp³-hybridized carbons (Fsp3) is 0.514. The second kappa shape index (κ2) is 58.5. The van der Waals surface area contributed by atoms with Crippen molar-refractivity contribution in [3.63, 3.8) is 0 Å². The summed E-state index contributed by atoms with van der Waals surface area (Å²) >= 11 is 0. The first-order valence-electron chi connectivity index (χ1n) is 30.1. The molecule has 10 heteroatoms. The molecule has 446 valence electrons. The highest BCUT2D eigenvalue weighted by atomic mass is 31.2. The summed E-state index contributed by atoms with van der Waals surface area (Å²) in [5.41, 5.74) is 0. The Kier molecular flexibility index (Phi) is 54.7. The summed E-state index contributed by atoms with van der Waals surface area (Å²) in [4.78, 5) is 37.8. The van der Waals surface area contributed by atoms with E-state index >= 15 is 0 Å². The van der Waals surface area contributed by atoms with E-state index in [4.69, 9.17) is 18.5 Å². The normalized spacial score (nSPS) is 14.6. The summed E-state index contributed by atoms with van der Waals surface area (Å²) < 4.78 is 34.0. The Morgan fingerprint density at radius 1 is 0.388 bits per heavy atom. The molecule has 80 heavy (non-hydrogen) atoms. The van der Waals surface area contributed by atoms with Crippen molar-refractivity contribution in [2.45, 2.75) is 187 Å². The van der Waals surface area contributed by atoms with Crippen LogP contribution in [0.25, 0.3) is 0 Å². The monoisotopic (exact) mass is 1120 g/mol. The van der Waals surface area contributed by atoms with Gasteiger partial charge in [-0.3, -0.25) is 14.2 Å². The largest absolute Gasteiger partial charge is 0.756 e. The van der Waals surface area contributed by atoms with Crippen LogP contribution in [-0.2, 0) is 32.7 Å². The van der Waals surface area contributed by atoms with Crippen LogP contribution < -0.4 is 4.89 Å². The molecule has 0 aromatic heterocycles. The van der Waals surface area contributed by atoms with Crippen LogP contribution in [-0.4, -0.2) is 70.0 Å². The van der Waals surface area contributed by atoms with Gasteiger partial charge >= 0.3 is 11.9 Å². The van der Waals surface area contributed by atoms with Crippen LogP contribution in [0.3, 0.4) is 0 Å². The Hall–Kier alpha value is -5.15. The standard InChI is InChI=1S/C70H108NO8P/c1-6-8-10-12-14-16-18-20-22-24-26-27-28-29-30-31-32-33-34-35-36-37-38-39-40-41-42-43-45-47-49-51-53-55-57-59-61-63-70(73)79-68(67-78-80(74,75)77-65-64-71(3,4)5)66-76-69(72)62-60-58-56-54-52-50-48-46-44-25-23-21-19-17-15-13-11-9-7-2/h8-11,14-17,20-23,26-27,29-30,32-33,35-36,38-39,41-42,44-47,50,52,56,58,68H,6-7,12-13,18-19,24-25,28,31,34,37,40,43,48-49,51,53-55,57,59-67H2,1-5H3/b10-8-,11-9-,16-14-,17-15-,22-20-,23-21-,27-26-,30-29-,33-32-,36-35-,39-38-,42-41-,46-44-,47-45-,52-50-,58-56-. The summed E-state index contributed by atoms with van der Waals surface area (Å²) in [5, 5.41) is 0. The molecule has 0 aromatic rings. The van der Waals surface area contributed by atoms with E-state index in [0.29, 0.717) is 23.9 Å². The van der Waals surface area contributed by atoms with Crippen molar-refractivity contribution >= 4 is 19.8 Å². The fourth-order valence-electron chi connectivity index (χ4n) is 7.06. The maximum atomic E-state index is 12.8. The molecule has 0 bridgehead atoms. The molecule has 0 aliphatic rings. The minimum atomic E-state index is -4.67. The van der Waals surface area contributed by atoms with E-state index in [1.807, 2.05) is 33.3 Å². The van der Waals surface area contributed by atoms with Crippen LogP contribution in [0.1, 0.15) is 181 Å². The molecule has 0 aliphatic heterocycles. The maximum Gasteiger partial charge on any atom is 0.306 e. The van der Waals surface area contributed by atoms with E-state index in [1.54, 1.807) is 0 Å². The predicted octanol–water partition coefficient (Wildman–Crippen LogP) is 18.7. The Morgan fingerprint density at radius 3 is 1.05 bits per heavy atom. The first-order valence-corrected chi connectivity index (χ1v) is 31.6. The predicted molar refractivity (Wildman–Crippen MR) is 341 cm³/mol. The first kappa shape index (κ1) is 74.8. The third-order valence-corrected chi connectivity index (χ3v) is 12.6. The van der Waals surface area contributed by atoms with Gasteiger partial charge in [-0.25, -0.2) is 0 Å². The number of unbranched alkanes of at least 4 members (excludes halogenated alkanes) is 6. The number of carbonyl (C=O) groups excluding carboxylic acids is 2. The second-order valence-electron chi connectivity index (χ2n) is 20.2. The number of quaternary nitrogens is 1. The molecule has 0 rings (SSSR count). The molecule has 2 unspecified atom stereocenters. The summed E-state index contributed by atoms with van der Waals surface area (Å²) in [5.74, 6) is -0.968. The van der Waals surface area contributed by atoms with E-state index < -0.39 is 32.5 Å². The van der Waals surface area contributed by atoms with Gasteiger partial charge in [0.25, 0.3) is 7.82 Å². The van der Waals surface area contributed by atoms with Crippen molar-refractivity contribution in [1.29, 1.82) is 0 Å². The fourth-order valence-corrected chi connectivity index (χ4v) is 7.79. The zero-order chi connectivity index (χ0) is 58.4. The van der Waals surface area contributed by atoms with E-state index in [2.05, 4.69) is 196 Å². The van der Waals surface area contributed by atoms with Crippen molar-refractivity contribution in [3.05, 3.63) is 194 Å². The van der Waals surface area contributed by atoms with Gasteiger partial charge in [0, 0.05) is 12.8 Å². The molecule has 0 aromatic carbocycles. The van der Waals surface area contributed by atoms with Crippen LogP contribution in [0.2, 0.25) is 0 Å². The number of rotatable bonds is 52. The van der Waals surface area contributed by atoms with E-state index in [-0.39, 0.29) is 26.1 Å². The van der Waals surface area contributed by atoms with Crippen LogP contribution in [0.5, 0.6) is 0 Å². The molecule has 0 saturated carbocycles. The van der Waals surface area contributed by atoms with Gasteiger partial charge < -0.3 is 27.9 Å². The van der Waals surface area contributed by atoms with Crippen molar-refractivity contribution in [1.82, 2.24) is 0 Å². The number of phosphoric acid groups is 1. The maximum absolute atomic E-state index is 12.8. The lowest BCUT2D eigenvalue weighted by atomic mass is 10.1. The summed E-state index contributed by atoms with van der Waals surface area (Å²) in [6.07, 6.45) is 92.1. The van der Waals surface area contributed by atoms with Gasteiger partial charge in [0.2, 0.25) is 0 Å². The number of hydrogen-bond donors (Lipinski definition) is 0. The number of allylic oxidation sites excluding steroid dienone is 32. The molecule has 9 nitrogen and oxygen atoms in total. The molecule has 0 amide bonds. The zero-order valence-electron chi connectivity index (χ0n) is 50.4. The van der Waals surface area contributed by atoms with Crippen molar-refractivity contribution in [3.8, 4) is 0 Å². The van der Waals surface area contributed by atoms with Gasteiger partial charge in [-0.2, -0.15) is 0 Å². The van der Waals surface area contributed by atoms with E-state index in [1.165, 1.54) is 0 Å². The highest BCUT2D eigenvalue weighted by molar-refractivity contribution is 7.45. The third-order valence-electron chi connectivity index (χ3n) is 11.6. The Morgan fingerprint density at radius 2 is 0.700 bits per heavy atom. The molecule has 0 spiro atoms. The highest BCUT2D eigenvalue weighted by Crippen LogP contribution is 2.38. The lowest BCUT2D eigenvalue weighted by Gasteiger charge is -2.28. The Balaban J connectivity index is 4.30. The molecule has 0 fully saturated rings. The molecule has 0 heterocycles. The smallest absolute Gasteiger partial charge is 0.306 e. The van der Waals surface area contributed by atoms with Crippen molar-refractivity contribution in [2.75, 3.05) is 47.5 Å². The average Bonchev–Trinajstić information content (AvgIpc) is 3.42. The lowest BCUT2D eigenvalue weighted by Crippen LogP contribution is -2.37.